The van der Waals surface area contributed by atoms with Crippen LogP contribution < -0.4 is 0 Å². The van der Waals surface area contributed by atoms with Crippen LogP contribution in [0.1, 0.15) is 36.7 Å². The molecule has 1 aromatic carbocycles. The van der Waals surface area contributed by atoms with Gasteiger partial charge in [-0.05, 0) is 37.0 Å². The Morgan fingerprint density at radius 3 is 2.13 bits per heavy atom. The summed E-state index contributed by atoms with van der Waals surface area (Å²) >= 11 is 0. The lowest BCUT2D eigenvalue weighted by molar-refractivity contribution is 0.0570. The summed E-state index contributed by atoms with van der Waals surface area (Å²) < 4.78 is 4.99. The average Bonchev–Trinajstić information content (AvgIpc) is 2.55. The largest absolute Gasteiger partial charge is 0.450 e. The van der Waals surface area contributed by atoms with Crippen molar-refractivity contribution in [1.82, 2.24) is 9.80 Å². The molecule has 1 aliphatic rings. The second-order valence-electron chi connectivity index (χ2n) is 6.27. The smallest absolute Gasteiger partial charge is 0.409 e. The van der Waals surface area contributed by atoms with Crippen molar-refractivity contribution in [3.05, 3.63) is 35.4 Å². The van der Waals surface area contributed by atoms with Crippen LogP contribution in [-0.4, -0.2) is 54.6 Å². The Morgan fingerprint density at radius 1 is 1.04 bits per heavy atom. The fraction of sp³-hybridized carbons (Fsp3) is 0.556. The number of piperazine rings is 1. The van der Waals surface area contributed by atoms with Crippen molar-refractivity contribution >= 4 is 12.0 Å². The van der Waals surface area contributed by atoms with Crippen LogP contribution in [-0.2, 0) is 11.2 Å². The van der Waals surface area contributed by atoms with E-state index in [1.807, 2.05) is 24.3 Å². The molecule has 0 saturated carbocycles. The van der Waals surface area contributed by atoms with Crippen molar-refractivity contribution in [2.24, 2.45) is 5.92 Å². The highest BCUT2D eigenvalue weighted by atomic mass is 16.6. The Labute approximate surface area is 138 Å². The van der Waals surface area contributed by atoms with Crippen LogP contribution in [0.15, 0.2) is 24.3 Å². The van der Waals surface area contributed by atoms with E-state index in [1.165, 1.54) is 5.56 Å². The first-order valence-electron chi connectivity index (χ1n) is 8.31. The Bertz CT molecular complexity index is 532. The highest BCUT2D eigenvalue weighted by Gasteiger charge is 2.25. The monoisotopic (exact) mass is 318 g/mol. The van der Waals surface area contributed by atoms with Crippen LogP contribution in [0.2, 0.25) is 0 Å². The van der Waals surface area contributed by atoms with Gasteiger partial charge in [0.15, 0.2) is 0 Å². The maximum absolute atomic E-state index is 12.5. The number of amides is 2. The summed E-state index contributed by atoms with van der Waals surface area (Å²) in [4.78, 5) is 27.6. The molecule has 23 heavy (non-hydrogen) atoms. The third-order valence-electron chi connectivity index (χ3n) is 3.94. The van der Waals surface area contributed by atoms with Crippen molar-refractivity contribution in [2.45, 2.75) is 27.2 Å². The first-order chi connectivity index (χ1) is 11.0. The van der Waals surface area contributed by atoms with Crippen LogP contribution in [0.5, 0.6) is 0 Å². The maximum atomic E-state index is 12.5. The van der Waals surface area contributed by atoms with Gasteiger partial charge >= 0.3 is 6.09 Å². The van der Waals surface area contributed by atoms with E-state index >= 15 is 0 Å². The molecule has 0 aliphatic carbocycles. The number of hydrogen-bond donors (Lipinski definition) is 0. The number of rotatable bonds is 4. The number of hydrogen-bond acceptors (Lipinski definition) is 3. The minimum atomic E-state index is -0.294. The van der Waals surface area contributed by atoms with E-state index in [4.69, 9.17) is 4.74 Å². The SMILES string of the molecule is CCOC(=O)N1CCN(C(=O)c2ccc(CC(C)C)cc2)CC1. The highest BCUT2D eigenvalue weighted by molar-refractivity contribution is 5.94. The van der Waals surface area contributed by atoms with Gasteiger partial charge in [0.25, 0.3) is 5.91 Å². The van der Waals surface area contributed by atoms with Gasteiger partial charge in [0.1, 0.15) is 0 Å². The molecule has 2 amide bonds. The number of carbonyl (C=O) groups excluding carboxylic acids is 2. The maximum Gasteiger partial charge on any atom is 0.409 e. The van der Waals surface area contributed by atoms with Crippen molar-refractivity contribution < 1.29 is 14.3 Å². The molecule has 126 valence electrons. The predicted molar refractivity (Wildman–Crippen MR) is 89.5 cm³/mol. The topological polar surface area (TPSA) is 49.9 Å². The summed E-state index contributed by atoms with van der Waals surface area (Å²) in [5.41, 5.74) is 1.96. The molecule has 0 spiro atoms. The van der Waals surface area contributed by atoms with E-state index in [-0.39, 0.29) is 12.0 Å². The van der Waals surface area contributed by atoms with E-state index in [0.29, 0.717) is 44.3 Å². The molecular formula is C18H26N2O3. The van der Waals surface area contributed by atoms with E-state index in [0.717, 1.165) is 6.42 Å². The fourth-order valence-electron chi connectivity index (χ4n) is 2.74. The van der Waals surface area contributed by atoms with Crippen LogP contribution in [0.25, 0.3) is 0 Å². The Balaban J connectivity index is 1.90. The molecule has 5 nitrogen and oxygen atoms in total. The number of nitrogens with zero attached hydrogens (tertiary/aromatic N) is 2. The van der Waals surface area contributed by atoms with Crippen LogP contribution >= 0.6 is 0 Å². The lowest BCUT2D eigenvalue weighted by Gasteiger charge is -2.34. The molecule has 0 unspecified atom stereocenters. The minimum Gasteiger partial charge on any atom is -0.450 e. The minimum absolute atomic E-state index is 0.0320. The summed E-state index contributed by atoms with van der Waals surface area (Å²) in [6.45, 7) is 8.67. The van der Waals surface area contributed by atoms with Gasteiger partial charge in [-0.1, -0.05) is 26.0 Å². The van der Waals surface area contributed by atoms with E-state index in [2.05, 4.69) is 13.8 Å². The summed E-state index contributed by atoms with van der Waals surface area (Å²) in [7, 11) is 0. The van der Waals surface area contributed by atoms with Gasteiger partial charge in [0, 0.05) is 31.7 Å². The number of benzene rings is 1. The zero-order valence-electron chi connectivity index (χ0n) is 14.2. The van der Waals surface area contributed by atoms with Crippen molar-refractivity contribution in [3.63, 3.8) is 0 Å². The Kier molecular flexibility index (Phi) is 6.02. The Morgan fingerprint density at radius 2 is 1.61 bits per heavy atom. The molecule has 1 aliphatic heterocycles. The summed E-state index contributed by atoms with van der Waals surface area (Å²) in [6.07, 6.45) is 0.727. The van der Waals surface area contributed by atoms with E-state index in [9.17, 15) is 9.59 Å². The van der Waals surface area contributed by atoms with Gasteiger partial charge in [-0.15, -0.1) is 0 Å². The lowest BCUT2D eigenvalue weighted by atomic mass is 10.0. The van der Waals surface area contributed by atoms with Crippen LogP contribution in [0.4, 0.5) is 4.79 Å². The zero-order valence-corrected chi connectivity index (χ0v) is 14.2. The zero-order chi connectivity index (χ0) is 16.8. The molecule has 1 heterocycles. The number of ether oxygens (including phenoxy) is 1. The summed E-state index contributed by atoms with van der Waals surface area (Å²) in [5.74, 6) is 0.636. The molecule has 0 bridgehead atoms. The molecular weight excluding hydrogens is 292 g/mol. The quantitative estimate of drug-likeness (QED) is 0.858. The van der Waals surface area contributed by atoms with Gasteiger partial charge in [0.2, 0.25) is 0 Å². The van der Waals surface area contributed by atoms with Crippen molar-refractivity contribution in [3.8, 4) is 0 Å². The first-order valence-corrected chi connectivity index (χ1v) is 8.31. The molecule has 1 aromatic rings. The Hall–Kier alpha value is -2.04. The third kappa shape index (κ3) is 4.71. The normalized spacial score (nSPS) is 15.0. The highest BCUT2D eigenvalue weighted by Crippen LogP contribution is 2.13. The van der Waals surface area contributed by atoms with Crippen LogP contribution in [0, 0.1) is 5.92 Å². The lowest BCUT2D eigenvalue weighted by Crippen LogP contribution is -2.50. The predicted octanol–water partition coefficient (Wildman–Crippen LogP) is 2.80. The van der Waals surface area contributed by atoms with Gasteiger partial charge in [-0.25, -0.2) is 4.79 Å². The second kappa shape index (κ2) is 7.99. The van der Waals surface area contributed by atoms with Crippen LogP contribution in [0.3, 0.4) is 0 Å². The summed E-state index contributed by atoms with van der Waals surface area (Å²) in [5, 5.41) is 0. The molecule has 0 aromatic heterocycles. The molecule has 1 saturated heterocycles. The van der Waals surface area contributed by atoms with Gasteiger partial charge in [0.05, 0.1) is 6.61 Å². The molecule has 1 fully saturated rings. The molecule has 0 radical (unpaired) electrons. The molecule has 5 heteroatoms. The van der Waals surface area contributed by atoms with Gasteiger partial charge < -0.3 is 14.5 Å². The van der Waals surface area contributed by atoms with E-state index in [1.54, 1.807) is 16.7 Å². The second-order valence-corrected chi connectivity index (χ2v) is 6.27. The fourth-order valence-corrected chi connectivity index (χ4v) is 2.74. The summed E-state index contributed by atoms with van der Waals surface area (Å²) in [6, 6.07) is 7.86. The molecule has 0 atom stereocenters. The average molecular weight is 318 g/mol. The van der Waals surface area contributed by atoms with Crippen molar-refractivity contribution in [2.75, 3.05) is 32.8 Å². The standard InChI is InChI=1S/C18H26N2O3/c1-4-23-18(22)20-11-9-19(10-12-20)17(21)16-7-5-15(6-8-16)13-14(2)3/h5-8,14H,4,9-13H2,1-3H3. The number of carbonyl (C=O) groups is 2. The molecule has 2 rings (SSSR count). The van der Waals surface area contributed by atoms with Gasteiger partial charge in [-0.3, -0.25) is 4.79 Å². The van der Waals surface area contributed by atoms with E-state index < -0.39 is 0 Å². The molecule has 0 N–H and O–H groups in total. The van der Waals surface area contributed by atoms with Gasteiger partial charge in [-0.2, -0.15) is 0 Å². The third-order valence-corrected chi connectivity index (χ3v) is 3.94. The first kappa shape index (κ1) is 17.3. The van der Waals surface area contributed by atoms with Crippen molar-refractivity contribution in [1.29, 1.82) is 0 Å².